The van der Waals surface area contributed by atoms with Crippen molar-refractivity contribution in [3.05, 3.63) is 28.2 Å². The average molecular weight is 194 g/mol. The van der Waals surface area contributed by atoms with Crippen LogP contribution in [0.5, 0.6) is 0 Å². The van der Waals surface area contributed by atoms with Gasteiger partial charge >= 0.3 is 0 Å². The molecule has 0 fully saturated rings. The van der Waals surface area contributed by atoms with Crippen LogP contribution < -0.4 is 5.56 Å². The molecule has 1 N–H and O–H groups in total. The first-order valence-corrected chi connectivity index (χ1v) is 4.60. The molecule has 0 radical (unpaired) electrons. The fraction of sp³-hybridized carbons (Fsp3) is 0.444. The lowest BCUT2D eigenvalue weighted by atomic mass is 10.6. The average Bonchev–Trinajstić information content (AvgIpc) is 2.52. The molecule has 0 aromatic carbocycles. The Labute approximate surface area is 81.8 Å². The van der Waals surface area contributed by atoms with Gasteiger partial charge in [0.1, 0.15) is 11.6 Å². The van der Waals surface area contributed by atoms with Gasteiger partial charge in [-0.15, -0.1) is 0 Å². The zero-order valence-corrected chi connectivity index (χ0v) is 8.83. The van der Waals surface area contributed by atoms with Crippen molar-refractivity contribution in [1.29, 1.82) is 0 Å². The standard InChI is InChI=1S/C7H8N4O.C2H6/c1-4-9-7(12)6-3-8-5(2)11(6)10-4;1-2/h3H,1-2H3,(H,9,10,12);1-2H3. The maximum atomic E-state index is 11.3. The minimum absolute atomic E-state index is 0.150. The predicted octanol–water partition coefficient (Wildman–Crippen LogP) is 1.06. The molecule has 0 aliphatic carbocycles. The fourth-order valence-electron chi connectivity index (χ4n) is 1.12. The number of hydrogen-bond donors (Lipinski definition) is 1. The van der Waals surface area contributed by atoms with Gasteiger partial charge < -0.3 is 4.98 Å². The van der Waals surface area contributed by atoms with Gasteiger partial charge in [0.05, 0.1) is 6.20 Å². The summed E-state index contributed by atoms with van der Waals surface area (Å²) in [5, 5.41) is 4.09. The van der Waals surface area contributed by atoms with Crippen LogP contribution in [0.2, 0.25) is 0 Å². The van der Waals surface area contributed by atoms with E-state index in [1.54, 1.807) is 13.8 Å². The van der Waals surface area contributed by atoms with Gasteiger partial charge in [-0.1, -0.05) is 13.8 Å². The van der Waals surface area contributed by atoms with Crippen LogP contribution in [0.3, 0.4) is 0 Å². The van der Waals surface area contributed by atoms with Crippen LogP contribution in [-0.2, 0) is 0 Å². The molecule has 0 spiro atoms. The molecule has 76 valence electrons. The van der Waals surface area contributed by atoms with E-state index < -0.39 is 0 Å². The van der Waals surface area contributed by atoms with Crippen molar-refractivity contribution in [1.82, 2.24) is 19.6 Å². The van der Waals surface area contributed by atoms with Crippen LogP contribution in [0.4, 0.5) is 0 Å². The number of aromatic nitrogens is 4. The van der Waals surface area contributed by atoms with Crippen LogP contribution in [-0.4, -0.2) is 19.6 Å². The smallest absolute Gasteiger partial charge is 0.276 e. The second kappa shape index (κ2) is 4.04. The van der Waals surface area contributed by atoms with Gasteiger partial charge in [0.25, 0.3) is 5.56 Å². The lowest BCUT2D eigenvalue weighted by molar-refractivity contribution is 0.807. The molecule has 0 saturated heterocycles. The predicted molar refractivity (Wildman–Crippen MR) is 54.4 cm³/mol. The Kier molecular flexibility index (Phi) is 3.01. The molecule has 0 bridgehead atoms. The van der Waals surface area contributed by atoms with Gasteiger partial charge in [0, 0.05) is 0 Å². The van der Waals surface area contributed by atoms with E-state index in [0.29, 0.717) is 11.3 Å². The van der Waals surface area contributed by atoms with E-state index in [4.69, 9.17) is 0 Å². The fourth-order valence-corrected chi connectivity index (χ4v) is 1.12. The van der Waals surface area contributed by atoms with Crippen molar-refractivity contribution >= 4 is 5.52 Å². The highest BCUT2D eigenvalue weighted by Gasteiger charge is 2.03. The molecule has 0 unspecified atom stereocenters. The van der Waals surface area contributed by atoms with E-state index >= 15 is 0 Å². The summed E-state index contributed by atoms with van der Waals surface area (Å²) in [6, 6.07) is 0. The number of aryl methyl sites for hydroxylation is 2. The molecular weight excluding hydrogens is 180 g/mol. The van der Waals surface area contributed by atoms with Crippen molar-refractivity contribution in [2.24, 2.45) is 0 Å². The number of H-pyrrole nitrogens is 1. The Morgan fingerprint density at radius 3 is 2.64 bits per heavy atom. The van der Waals surface area contributed by atoms with Gasteiger partial charge in [-0.2, -0.15) is 5.10 Å². The Morgan fingerprint density at radius 2 is 2.00 bits per heavy atom. The summed E-state index contributed by atoms with van der Waals surface area (Å²) < 4.78 is 1.54. The highest BCUT2D eigenvalue weighted by atomic mass is 16.1. The minimum Gasteiger partial charge on any atom is -0.307 e. The van der Waals surface area contributed by atoms with Crippen LogP contribution in [0, 0.1) is 13.8 Å². The van der Waals surface area contributed by atoms with Crippen molar-refractivity contribution in [3.63, 3.8) is 0 Å². The van der Waals surface area contributed by atoms with E-state index in [-0.39, 0.29) is 5.56 Å². The highest BCUT2D eigenvalue weighted by Crippen LogP contribution is 1.96. The monoisotopic (exact) mass is 194 g/mol. The Morgan fingerprint density at radius 1 is 1.36 bits per heavy atom. The molecule has 0 amide bonds. The number of rotatable bonds is 0. The molecule has 2 rings (SSSR count). The van der Waals surface area contributed by atoms with Crippen molar-refractivity contribution in [2.45, 2.75) is 27.7 Å². The van der Waals surface area contributed by atoms with Crippen molar-refractivity contribution in [3.8, 4) is 0 Å². The number of nitrogens with zero attached hydrogens (tertiary/aromatic N) is 3. The highest BCUT2D eigenvalue weighted by molar-refractivity contribution is 5.41. The SMILES string of the molecule is CC.Cc1nn2c(C)ncc2c(=O)[nH]1. The second-order valence-electron chi connectivity index (χ2n) is 2.64. The molecule has 14 heavy (non-hydrogen) atoms. The molecule has 0 saturated carbocycles. The quantitative estimate of drug-likeness (QED) is 0.682. The number of imidazole rings is 1. The summed E-state index contributed by atoms with van der Waals surface area (Å²) in [5.74, 6) is 1.31. The van der Waals surface area contributed by atoms with Crippen LogP contribution in [0.1, 0.15) is 25.5 Å². The topological polar surface area (TPSA) is 63.1 Å². The first-order valence-electron chi connectivity index (χ1n) is 4.60. The third kappa shape index (κ3) is 1.66. The largest absolute Gasteiger partial charge is 0.307 e. The molecule has 2 aromatic rings. The Balaban J connectivity index is 0.000000461. The molecule has 5 heteroatoms. The van der Waals surface area contributed by atoms with E-state index in [1.165, 1.54) is 10.7 Å². The minimum atomic E-state index is -0.150. The molecule has 2 heterocycles. The third-order valence-electron chi connectivity index (χ3n) is 1.69. The van der Waals surface area contributed by atoms with Gasteiger partial charge in [-0.05, 0) is 13.8 Å². The lowest BCUT2D eigenvalue weighted by Crippen LogP contribution is -2.14. The van der Waals surface area contributed by atoms with Gasteiger partial charge in [-0.25, -0.2) is 9.50 Å². The van der Waals surface area contributed by atoms with Gasteiger partial charge in [0.2, 0.25) is 0 Å². The molecule has 0 atom stereocenters. The number of aromatic amines is 1. The second-order valence-corrected chi connectivity index (χ2v) is 2.64. The summed E-state index contributed by atoms with van der Waals surface area (Å²) in [7, 11) is 0. The lowest BCUT2D eigenvalue weighted by Gasteiger charge is -1.95. The maximum Gasteiger partial charge on any atom is 0.276 e. The van der Waals surface area contributed by atoms with E-state index in [0.717, 1.165) is 5.82 Å². The molecular formula is C9H14N4O. The van der Waals surface area contributed by atoms with Crippen molar-refractivity contribution < 1.29 is 0 Å². The zero-order valence-electron chi connectivity index (χ0n) is 8.83. The van der Waals surface area contributed by atoms with Crippen LogP contribution >= 0.6 is 0 Å². The van der Waals surface area contributed by atoms with E-state index in [9.17, 15) is 4.79 Å². The number of fused-ring (bicyclic) bond motifs is 1. The zero-order chi connectivity index (χ0) is 10.7. The normalized spacial score (nSPS) is 9.71. The van der Waals surface area contributed by atoms with E-state index in [2.05, 4.69) is 15.1 Å². The van der Waals surface area contributed by atoms with Crippen molar-refractivity contribution in [2.75, 3.05) is 0 Å². The van der Waals surface area contributed by atoms with Crippen LogP contribution in [0.15, 0.2) is 11.0 Å². The van der Waals surface area contributed by atoms with Gasteiger partial charge in [-0.3, -0.25) is 4.79 Å². The number of hydrogen-bond acceptors (Lipinski definition) is 3. The molecule has 5 nitrogen and oxygen atoms in total. The third-order valence-corrected chi connectivity index (χ3v) is 1.69. The summed E-state index contributed by atoms with van der Waals surface area (Å²) in [5.41, 5.74) is 0.334. The van der Waals surface area contributed by atoms with Crippen LogP contribution in [0.25, 0.3) is 5.52 Å². The summed E-state index contributed by atoms with van der Waals surface area (Å²) >= 11 is 0. The van der Waals surface area contributed by atoms with Gasteiger partial charge in [0.15, 0.2) is 5.52 Å². The molecule has 0 aliphatic rings. The number of nitrogens with one attached hydrogen (secondary N) is 1. The Bertz CT molecular complexity index is 483. The maximum absolute atomic E-state index is 11.3. The first-order chi connectivity index (χ1) is 6.68. The summed E-state index contributed by atoms with van der Waals surface area (Å²) in [4.78, 5) is 17.8. The molecule has 2 aromatic heterocycles. The summed E-state index contributed by atoms with van der Waals surface area (Å²) in [6.45, 7) is 7.54. The Hall–Kier alpha value is -1.65. The summed E-state index contributed by atoms with van der Waals surface area (Å²) in [6.07, 6.45) is 1.51. The molecule has 0 aliphatic heterocycles. The van der Waals surface area contributed by atoms with E-state index in [1.807, 2.05) is 13.8 Å². The first kappa shape index (κ1) is 10.4.